The standard InChI is InChI=1S/C12H12BrN2O.CHF3O3S/c1-14-7-8-15(2)12(14)11(16)9-5-3-4-6-10(9)13;2-1(3,4)8(5,6)7/h3-8H,1-2H3;(H,5,6,7)/q+1;/p-1. The van der Waals surface area contributed by atoms with Crippen molar-refractivity contribution in [2.75, 3.05) is 0 Å². The van der Waals surface area contributed by atoms with Crippen molar-refractivity contribution in [3.8, 4) is 0 Å². The fraction of sp³-hybridized carbons (Fsp3) is 0.231. The van der Waals surface area contributed by atoms with E-state index in [1.165, 1.54) is 0 Å². The molecule has 24 heavy (non-hydrogen) atoms. The average Bonchev–Trinajstić information content (AvgIpc) is 2.76. The van der Waals surface area contributed by atoms with Gasteiger partial charge in [0.2, 0.25) is 0 Å². The third-order valence-electron chi connectivity index (χ3n) is 2.79. The number of benzene rings is 1. The SMILES string of the molecule is Cn1cc[n+](C)c1C(=O)c1ccccc1Br.O=S(=O)([O-])C(F)(F)F. The van der Waals surface area contributed by atoms with E-state index >= 15 is 0 Å². The van der Waals surface area contributed by atoms with Crippen molar-refractivity contribution in [3.05, 3.63) is 52.5 Å². The van der Waals surface area contributed by atoms with E-state index in [-0.39, 0.29) is 5.78 Å². The van der Waals surface area contributed by atoms with Crippen molar-refractivity contribution in [1.82, 2.24) is 4.57 Å². The Labute approximate surface area is 144 Å². The summed E-state index contributed by atoms with van der Waals surface area (Å²) in [6.45, 7) is 0. The molecule has 0 radical (unpaired) electrons. The van der Waals surface area contributed by atoms with Crippen molar-refractivity contribution < 1.29 is 35.5 Å². The molecule has 2 aromatic rings. The molecule has 1 heterocycles. The smallest absolute Gasteiger partial charge is 0.485 e. The van der Waals surface area contributed by atoms with Gasteiger partial charge in [-0.15, -0.1) is 0 Å². The number of aryl methyl sites for hydroxylation is 2. The van der Waals surface area contributed by atoms with E-state index in [1.54, 1.807) is 0 Å². The molecule has 0 aliphatic carbocycles. The molecule has 0 N–H and O–H groups in total. The number of ketones is 1. The number of halogens is 4. The van der Waals surface area contributed by atoms with Crippen molar-refractivity contribution in [1.29, 1.82) is 0 Å². The van der Waals surface area contributed by atoms with Crippen LogP contribution in [0.3, 0.4) is 0 Å². The van der Waals surface area contributed by atoms with Crippen LogP contribution in [0.1, 0.15) is 16.2 Å². The Morgan fingerprint density at radius 3 is 2.17 bits per heavy atom. The number of carbonyl (C=O) groups is 1. The maximum absolute atomic E-state index is 12.3. The molecule has 2 rings (SSSR count). The van der Waals surface area contributed by atoms with Crippen LogP contribution < -0.4 is 4.57 Å². The Hall–Kier alpha value is -1.72. The van der Waals surface area contributed by atoms with Crippen LogP contribution in [0.5, 0.6) is 0 Å². The topological polar surface area (TPSA) is 83.1 Å². The van der Waals surface area contributed by atoms with Gasteiger partial charge in [0.05, 0.1) is 14.1 Å². The second kappa shape index (κ2) is 7.45. The van der Waals surface area contributed by atoms with E-state index in [0.717, 1.165) is 4.47 Å². The van der Waals surface area contributed by atoms with Crippen LogP contribution in [0, 0.1) is 0 Å². The van der Waals surface area contributed by atoms with Gasteiger partial charge < -0.3 is 4.55 Å². The molecule has 0 spiro atoms. The number of nitrogens with zero attached hydrogens (tertiary/aromatic N) is 2. The van der Waals surface area contributed by atoms with E-state index in [4.69, 9.17) is 13.0 Å². The summed E-state index contributed by atoms with van der Waals surface area (Å²) < 4.78 is 63.4. The first-order valence-corrected chi connectivity index (χ1v) is 8.38. The van der Waals surface area contributed by atoms with Gasteiger partial charge in [-0.2, -0.15) is 13.2 Å². The molecule has 0 atom stereocenters. The Kier molecular flexibility index (Phi) is 6.31. The van der Waals surface area contributed by atoms with Crippen LogP contribution in [-0.4, -0.2) is 28.8 Å². The van der Waals surface area contributed by atoms with Crippen molar-refractivity contribution >= 4 is 31.8 Å². The molecule has 132 valence electrons. The molecule has 0 saturated heterocycles. The average molecular weight is 429 g/mol. The molecule has 0 aliphatic rings. The summed E-state index contributed by atoms with van der Waals surface area (Å²) in [5, 5.41) is 0. The maximum atomic E-state index is 12.3. The molecule has 0 fully saturated rings. The van der Waals surface area contributed by atoms with Gasteiger partial charge in [0.1, 0.15) is 12.4 Å². The highest BCUT2D eigenvalue weighted by Crippen LogP contribution is 2.20. The highest BCUT2D eigenvalue weighted by molar-refractivity contribution is 9.10. The molecule has 6 nitrogen and oxygen atoms in total. The molecule has 0 bridgehead atoms. The monoisotopic (exact) mass is 428 g/mol. The molecule has 0 aliphatic heterocycles. The Bertz CT molecular complexity index is 828. The van der Waals surface area contributed by atoms with Crippen LogP contribution in [-0.2, 0) is 24.2 Å². The second-order valence-electron chi connectivity index (χ2n) is 4.55. The molecule has 0 saturated carbocycles. The summed E-state index contributed by atoms with van der Waals surface area (Å²) in [6, 6.07) is 7.45. The van der Waals surface area contributed by atoms with Gasteiger partial charge in [0, 0.05) is 10.0 Å². The molecule has 1 aromatic heterocycles. The zero-order chi connectivity index (χ0) is 18.7. The van der Waals surface area contributed by atoms with Crippen LogP contribution in [0.4, 0.5) is 13.2 Å². The van der Waals surface area contributed by atoms with Crippen LogP contribution in [0.25, 0.3) is 0 Å². The number of rotatable bonds is 2. The number of imidazole rings is 1. The third kappa shape index (κ3) is 4.89. The maximum Gasteiger partial charge on any atom is 0.485 e. The fourth-order valence-electron chi connectivity index (χ4n) is 1.68. The van der Waals surface area contributed by atoms with Gasteiger partial charge >= 0.3 is 11.3 Å². The summed E-state index contributed by atoms with van der Waals surface area (Å²) in [4.78, 5) is 12.3. The molecule has 0 amide bonds. The van der Waals surface area contributed by atoms with Crippen molar-refractivity contribution in [3.63, 3.8) is 0 Å². The largest absolute Gasteiger partial charge is 0.741 e. The van der Waals surface area contributed by atoms with Gasteiger partial charge in [-0.05, 0) is 12.1 Å². The molecule has 11 heteroatoms. The Morgan fingerprint density at radius 2 is 1.79 bits per heavy atom. The zero-order valence-corrected chi connectivity index (χ0v) is 14.8. The summed E-state index contributed by atoms with van der Waals surface area (Å²) in [5.41, 5.74) is -4.97. The van der Waals surface area contributed by atoms with Crippen LogP contribution in [0.2, 0.25) is 0 Å². The highest BCUT2D eigenvalue weighted by Gasteiger charge is 2.36. The molecule has 1 aromatic carbocycles. The van der Waals surface area contributed by atoms with Gasteiger partial charge in [-0.25, -0.2) is 17.6 Å². The van der Waals surface area contributed by atoms with Gasteiger partial charge in [-0.1, -0.05) is 28.1 Å². The van der Waals surface area contributed by atoms with E-state index in [9.17, 15) is 18.0 Å². The van der Waals surface area contributed by atoms with Crippen LogP contribution >= 0.6 is 15.9 Å². The fourth-order valence-corrected chi connectivity index (χ4v) is 2.14. The summed E-state index contributed by atoms with van der Waals surface area (Å²) in [6.07, 6.45) is 3.73. The van der Waals surface area contributed by atoms with Gasteiger partial charge in [-0.3, -0.25) is 4.79 Å². The minimum atomic E-state index is -6.09. The lowest BCUT2D eigenvalue weighted by Gasteiger charge is -2.08. The molecule has 0 unspecified atom stereocenters. The van der Waals surface area contributed by atoms with Crippen molar-refractivity contribution in [2.24, 2.45) is 14.1 Å². The predicted molar refractivity (Wildman–Crippen MR) is 79.9 cm³/mol. The third-order valence-corrected chi connectivity index (χ3v) is 4.05. The number of aromatic nitrogens is 2. The minimum Gasteiger partial charge on any atom is -0.741 e. The summed E-state index contributed by atoms with van der Waals surface area (Å²) >= 11 is 3.39. The zero-order valence-electron chi connectivity index (χ0n) is 12.4. The normalized spacial score (nSPS) is 11.6. The molecular formula is C13H12BrF3N2O4S. The lowest BCUT2D eigenvalue weighted by Crippen LogP contribution is -2.35. The van der Waals surface area contributed by atoms with Crippen LogP contribution in [0.15, 0.2) is 41.1 Å². The first-order valence-electron chi connectivity index (χ1n) is 6.18. The quantitative estimate of drug-likeness (QED) is 0.316. The van der Waals surface area contributed by atoms with Gasteiger partial charge in [0.25, 0.3) is 5.78 Å². The molecular weight excluding hydrogens is 417 g/mol. The second-order valence-corrected chi connectivity index (χ2v) is 6.78. The number of alkyl halides is 3. The van der Waals surface area contributed by atoms with E-state index in [2.05, 4.69) is 15.9 Å². The summed E-state index contributed by atoms with van der Waals surface area (Å²) in [5.74, 6) is 0.675. The minimum absolute atomic E-state index is 0.0162. The van der Waals surface area contributed by atoms with E-state index in [0.29, 0.717) is 11.4 Å². The van der Waals surface area contributed by atoms with E-state index in [1.807, 2.05) is 59.9 Å². The predicted octanol–water partition coefficient (Wildman–Crippen LogP) is 1.89. The Balaban J connectivity index is 0.000000307. The first-order chi connectivity index (χ1) is 10.9. The lowest BCUT2D eigenvalue weighted by atomic mass is 10.1. The number of hydrogen-bond donors (Lipinski definition) is 0. The lowest BCUT2D eigenvalue weighted by molar-refractivity contribution is -0.672. The Morgan fingerprint density at radius 1 is 1.29 bits per heavy atom. The van der Waals surface area contributed by atoms with E-state index < -0.39 is 15.6 Å². The van der Waals surface area contributed by atoms with Crippen molar-refractivity contribution in [2.45, 2.75) is 5.51 Å². The summed E-state index contributed by atoms with van der Waals surface area (Å²) in [7, 11) is -2.36. The number of hydrogen-bond acceptors (Lipinski definition) is 4. The first kappa shape index (κ1) is 20.3. The number of carbonyl (C=O) groups excluding carboxylic acids is 1. The highest BCUT2D eigenvalue weighted by atomic mass is 79.9. The van der Waals surface area contributed by atoms with Gasteiger partial charge in [0.15, 0.2) is 10.1 Å².